The SMILES string of the molecule is Cc1cc2nc(NCC(CO)Cc3ccc(F)cc3)c3ccccc3n2n1. The summed E-state index contributed by atoms with van der Waals surface area (Å²) < 4.78 is 14.9. The molecule has 2 aromatic carbocycles. The molecule has 5 nitrogen and oxygen atoms in total. The average Bonchev–Trinajstić information content (AvgIpc) is 3.07. The van der Waals surface area contributed by atoms with E-state index in [2.05, 4.69) is 10.4 Å². The number of aromatic nitrogens is 3. The lowest BCUT2D eigenvalue weighted by atomic mass is 10.00. The monoisotopic (exact) mass is 364 g/mol. The lowest BCUT2D eigenvalue weighted by Crippen LogP contribution is -2.21. The maximum atomic E-state index is 13.1. The highest BCUT2D eigenvalue weighted by Gasteiger charge is 2.13. The predicted octanol–water partition coefficient (Wildman–Crippen LogP) is 3.59. The smallest absolute Gasteiger partial charge is 0.158 e. The molecular weight excluding hydrogens is 343 g/mol. The standard InChI is InChI=1S/C21H21FN4O/c1-14-10-20-24-21(18-4-2-3-5-19(18)26(20)25-14)23-12-16(13-27)11-15-6-8-17(22)9-7-15/h2-10,16,27H,11-13H2,1H3,(H,23,24). The van der Waals surface area contributed by atoms with Crippen LogP contribution in [0.1, 0.15) is 11.3 Å². The summed E-state index contributed by atoms with van der Waals surface area (Å²) >= 11 is 0. The normalized spacial score (nSPS) is 12.6. The summed E-state index contributed by atoms with van der Waals surface area (Å²) in [6, 6.07) is 16.3. The van der Waals surface area contributed by atoms with Gasteiger partial charge in [-0.25, -0.2) is 13.9 Å². The largest absolute Gasteiger partial charge is 0.396 e. The topological polar surface area (TPSA) is 62.5 Å². The minimum atomic E-state index is -0.252. The number of aryl methyl sites for hydroxylation is 1. The molecule has 0 aliphatic carbocycles. The van der Waals surface area contributed by atoms with Crippen LogP contribution in [0, 0.1) is 18.7 Å². The van der Waals surface area contributed by atoms with E-state index >= 15 is 0 Å². The number of hydrogen-bond acceptors (Lipinski definition) is 4. The highest BCUT2D eigenvalue weighted by Crippen LogP contribution is 2.24. The Bertz CT molecular complexity index is 1070. The predicted molar refractivity (Wildman–Crippen MR) is 104 cm³/mol. The highest BCUT2D eigenvalue weighted by atomic mass is 19.1. The number of benzene rings is 2. The van der Waals surface area contributed by atoms with Crippen molar-refractivity contribution in [2.75, 3.05) is 18.5 Å². The Labute approximate surface area is 156 Å². The molecule has 138 valence electrons. The highest BCUT2D eigenvalue weighted by molar-refractivity contribution is 5.91. The van der Waals surface area contributed by atoms with Crippen molar-refractivity contribution < 1.29 is 9.50 Å². The molecule has 2 aromatic heterocycles. The fourth-order valence-electron chi connectivity index (χ4n) is 3.31. The fourth-order valence-corrected chi connectivity index (χ4v) is 3.31. The molecule has 2 heterocycles. The Morgan fingerprint density at radius 2 is 1.93 bits per heavy atom. The summed E-state index contributed by atoms with van der Waals surface area (Å²) in [6.45, 7) is 2.55. The van der Waals surface area contributed by atoms with Crippen LogP contribution < -0.4 is 5.32 Å². The van der Waals surface area contributed by atoms with Gasteiger partial charge in [0, 0.05) is 30.5 Å². The molecule has 0 saturated carbocycles. The van der Waals surface area contributed by atoms with Crippen LogP contribution in [0.3, 0.4) is 0 Å². The van der Waals surface area contributed by atoms with Gasteiger partial charge in [-0.3, -0.25) is 0 Å². The van der Waals surface area contributed by atoms with Crippen LogP contribution in [0.5, 0.6) is 0 Å². The molecule has 0 amide bonds. The third-order valence-corrected chi connectivity index (χ3v) is 4.68. The van der Waals surface area contributed by atoms with Crippen LogP contribution in [0.25, 0.3) is 16.6 Å². The van der Waals surface area contributed by atoms with Crippen molar-refractivity contribution in [3.05, 3.63) is 71.7 Å². The van der Waals surface area contributed by atoms with Crippen LogP contribution in [-0.4, -0.2) is 32.9 Å². The first-order valence-electron chi connectivity index (χ1n) is 8.98. The van der Waals surface area contributed by atoms with Gasteiger partial charge in [0.15, 0.2) is 5.65 Å². The number of rotatable bonds is 6. The molecule has 0 aliphatic heterocycles. The van der Waals surface area contributed by atoms with Crippen molar-refractivity contribution in [2.45, 2.75) is 13.3 Å². The minimum Gasteiger partial charge on any atom is -0.396 e. The second-order valence-electron chi connectivity index (χ2n) is 6.79. The molecule has 6 heteroatoms. The van der Waals surface area contributed by atoms with E-state index in [1.165, 1.54) is 12.1 Å². The minimum absolute atomic E-state index is 0.00102. The van der Waals surface area contributed by atoms with Crippen molar-refractivity contribution in [1.82, 2.24) is 14.6 Å². The number of halogens is 1. The quantitative estimate of drug-likeness (QED) is 0.549. The second kappa shape index (κ2) is 7.32. The van der Waals surface area contributed by atoms with Crippen LogP contribution >= 0.6 is 0 Å². The van der Waals surface area contributed by atoms with Gasteiger partial charge < -0.3 is 10.4 Å². The molecule has 0 saturated heterocycles. The van der Waals surface area contributed by atoms with Crippen molar-refractivity contribution >= 4 is 22.4 Å². The van der Waals surface area contributed by atoms with Gasteiger partial charge in [-0.05, 0) is 43.2 Å². The molecule has 1 unspecified atom stereocenters. The number of anilines is 1. The zero-order valence-electron chi connectivity index (χ0n) is 15.1. The van der Waals surface area contributed by atoms with Crippen LogP contribution in [-0.2, 0) is 6.42 Å². The van der Waals surface area contributed by atoms with Crippen molar-refractivity contribution in [1.29, 1.82) is 0 Å². The van der Waals surface area contributed by atoms with E-state index in [9.17, 15) is 9.50 Å². The summed E-state index contributed by atoms with van der Waals surface area (Å²) in [5.74, 6) is 0.520. The van der Waals surface area contributed by atoms with E-state index in [-0.39, 0.29) is 18.3 Å². The molecule has 1 atom stereocenters. The zero-order chi connectivity index (χ0) is 18.8. The van der Waals surface area contributed by atoms with Crippen LogP contribution in [0.2, 0.25) is 0 Å². The number of hydrogen-bond donors (Lipinski definition) is 2. The molecule has 4 rings (SSSR count). The Hall–Kier alpha value is -2.99. The third-order valence-electron chi connectivity index (χ3n) is 4.68. The number of aliphatic hydroxyl groups excluding tert-OH is 1. The maximum Gasteiger partial charge on any atom is 0.158 e. The van der Waals surface area contributed by atoms with Gasteiger partial charge in [0.2, 0.25) is 0 Å². The molecule has 0 fully saturated rings. The van der Waals surface area contributed by atoms with Crippen LogP contribution in [0.4, 0.5) is 10.2 Å². The summed E-state index contributed by atoms with van der Waals surface area (Å²) in [7, 11) is 0. The summed E-state index contributed by atoms with van der Waals surface area (Å²) in [6.07, 6.45) is 0.662. The van der Waals surface area contributed by atoms with Gasteiger partial charge in [-0.2, -0.15) is 5.10 Å². The van der Waals surface area contributed by atoms with Crippen molar-refractivity contribution in [3.8, 4) is 0 Å². The van der Waals surface area contributed by atoms with E-state index in [4.69, 9.17) is 4.98 Å². The van der Waals surface area contributed by atoms with Gasteiger partial charge in [0.25, 0.3) is 0 Å². The van der Waals surface area contributed by atoms with E-state index in [1.54, 1.807) is 12.1 Å². The van der Waals surface area contributed by atoms with Crippen molar-refractivity contribution in [2.24, 2.45) is 5.92 Å². The maximum absolute atomic E-state index is 13.1. The first-order valence-corrected chi connectivity index (χ1v) is 8.98. The van der Waals surface area contributed by atoms with Gasteiger partial charge in [0.05, 0.1) is 11.2 Å². The molecule has 2 N–H and O–H groups in total. The van der Waals surface area contributed by atoms with Crippen LogP contribution in [0.15, 0.2) is 54.6 Å². The molecule has 0 spiro atoms. The van der Waals surface area contributed by atoms with Gasteiger partial charge in [-0.15, -0.1) is 0 Å². The van der Waals surface area contributed by atoms with Gasteiger partial charge >= 0.3 is 0 Å². The number of para-hydroxylation sites is 1. The molecular formula is C21H21FN4O. The van der Waals surface area contributed by atoms with Gasteiger partial charge in [-0.1, -0.05) is 24.3 Å². The number of nitrogens with one attached hydrogen (secondary N) is 1. The van der Waals surface area contributed by atoms with Gasteiger partial charge in [0.1, 0.15) is 11.6 Å². The first-order chi connectivity index (χ1) is 13.1. The summed E-state index contributed by atoms with van der Waals surface area (Å²) in [5, 5.41) is 18.6. The van der Waals surface area contributed by atoms with E-state index in [1.807, 2.05) is 41.8 Å². The molecule has 0 bridgehead atoms. The lowest BCUT2D eigenvalue weighted by Gasteiger charge is -2.17. The number of aliphatic hydroxyl groups is 1. The molecule has 4 aromatic rings. The Morgan fingerprint density at radius 3 is 2.70 bits per heavy atom. The Kier molecular flexibility index (Phi) is 4.73. The first kappa shape index (κ1) is 17.4. The van der Waals surface area contributed by atoms with E-state index < -0.39 is 0 Å². The van der Waals surface area contributed by atoms with Crippen molar-refractivity contribution in [3.63, 3.8) is 0 Å². The third kappa shape index (κ3) is 3.61. The number of nitrogens with zero attached hydrogens (tertiary/aromatic N) is 3. The Balaban J connectivity index is 1.59. The second-order valence-corrected chi connectivity index (χ2v) is 6.79. The number of fused-ring (bicyclic) bond motifs is 3. The van der Waals surface area contributed by atoms with E-state index in [0.29, 0.717) is 13.0 Å². The average molecular weight is 364 g/mol. The summed E-state index contributed by atoms with van der Waals surface area (Å²) in [4.78, 5) is 4.71. The Morgan fingerprint density at radius 1 is 1.15 bits per heavy atom. The molecule has 0 aliphatic rings. The molecule has 0 radical (unpaired) electrons. The fraction of sp³-hybridized carbons (Fsp3) is 0.238. The van der Waals surface area contributed by atoms with E-state index in [0.717, 1.165) is 33.6 Å². The molecule has 27 heavy (non-hydrogen) atoms. The summed E-state index contributed by atoms with van der Waals surface area (Å²) in [5.41, 5.74) is 3.68. The lowest BCUT2D eigenvalue weighted by molar-refractivity contribution is 0.232. The zero-order valence-corrected chi connectivity index (χ0v) is 15.1.